The maximum Gasteiger partial charge on any atom is 0.338 e. The Labute approximate surface area is 130 Å². The molecule has 2 aromatic carbocycles. The molecule has 1 heterocycles. The van der Waals surface area contributed by atoms with Gasteiger partial charge in [-0.25, -0.2) is 4.79 Å². The van der Waals surface area contributed by atoms with Crippen molar-refractivity contribution in [1.82, 2.24) is 4.57 Å². The normalized spacial score (nSPS) is 10.9. The highest BCUT2D eigenvalue weighted by Crippen LogP contribution is 2.26. The fourth-order valence-electron chi connectivity index (χ4n) is 2.73. The molecule has 0 aliphatic heterocycles. The van der Waals surface area contributed by atoms with E-state index in [0.29, 0.717) is 12.2 Å². The van der Waals surface area contributed by atoms with Crippen LogP contribution in [0.15, 0.2) is 48.7 Å². The molecule has 1 aromatic heterocycles. The van der Waals surface area contributed by atoms with Crippen LogP contribution < -0.4 is 0 Å². The van der Waals surface area contributed by atoms with Gasteiger partial charge in [-0.15, -0.1) is 0 Å². The highest BCUT2D eigenvalue weighted by Gasteiger charge is 2.12. The number of carbonyl (C=O) groups excluding carboxylic acids is 1. The molecular weight excluding hydrogens is 274 g/mol. The van der Waals surface area contributed by atoms with Crippen molar-refractivity contribution >= 4 is 16.9 Å². The molecule has 0 atom stereocenters. The van der Waals surface area contributed by atoms with Crippen LogP contribution in [0, 0.1) is 13.8 Å². The van der Waals surface area contributed by atoms with Crippen molar-refractivity contribution in [2.75, 3.05) is 6.61 Å². The van der Waals surface area contributed by atoms with E-state index in [1.165, 1.54) is 5.56 Å². The van der Waals surface area contributed by atoms with Crippen molar-refractivity contribution in [3.05, 3.63) is 65.4 Å². The van der Waals surface area contributed by atoms with Gasteiger partial charge in [-0.05, 0) is 62.2 Å². The molecule has 3 nitrogen and oxygen atoms in total. The maximum atomic E-state index is 11.9. The number of esters is 1. The molecule has 0 fully saturated rings. The van der Waals surface area contributed by atoms with Crippen LogP contribution in [0.4, 0.5) is 0 Å². The lowest BCUT2D eigenvalue weighted by molar-refractivity contribution is 0.0526. The van der Waals surface area contributed by atoms with E-state index in [2.05, 4.69) is 48.9 Å². The standard InChI is InChI=1S/C19H19NO2/c1-4-22-19(21)15-8-9-18-17(11-15)14(3)12-20(18)16-7-5-6-13(2)10-16/h5-12H,4H2,1-3H3. The maximum absolute atomic E-state index is 11.9. The third-order valence-electron chi connectivity index (χ3n) is 3.79. The van der Waals surface area contributed by atoms with Crippen LogP contribution in [0.25, 0.3) is 16.6 Å². The molecule has 0 radical (unpaired) electrons. The summed E-state index contributed by atoms with van der Waals surface area (Å²) < 4.78 is 7.24. The monoisotopic (exact) mass is 293 g/mol. The molecule has 0 unspecified atom stereocenters. The van der Waals surface area contributed by atoms with E-state index < -0.39 is 0 Å². The van der Waals surface area contributed by atoms with Crippen molar-refractivity contribution in [3.63, 3.8) is 0 Å². The highest BCUT2D eigenvalue weighted by atomic mass is 16.5. The number of rotatable bonds is 3. The average Bonchev–Trinajstić information content (AvgIpc) is 2.84. The molecule has 0 amide bonds. The van der Waals surface area contributed by atoms with Gasteiger partial charge < -0.3 is 9.30 Å². The van der Waals surface area contributed by atoms with Gasteiger partial charge in [-0.1, -0.05) is 12.1 Å². The number of benzene rings is 2. The molecule has 22 heavy (non-hydrogen) atoms. The summed E-state index contributed by atoms with van der Waals surface area (Å²) in [6.07, 6.45) is 2.11. The molecule has 3 aromatic rings. The zero-order chi connectivity index (χ0) is 15.7. The Hall–Kier alpha value is -2.55. The quantitative estimate of drug-likeness (QED) is 0.669. The third kappa shape index (κ3) is 2.50. The molecule has 0 aliphatic carbocycles. The molecule has 0 saturated heterocycles. The zero-order valence-corrected chi connectivity index (χ0v) is 13.1. The Morgan fingerprint density at radius 2 is 1.95 bits per heavy atom. The number of aromatic nitrogens is 1. The number of carbonyl (C=O) groups is 1. The van der Waals surface area contributed by atoms with Crippen molar-refractivity contribution in [2.24, 2.45) is 0 Å². The SMILES string of the molecule is CCOC(=O)c1ccc2c(c1)c(C)cn2-c1cccc(C)c1. The summed E-state index contributed by atoms with van der Waals surface area (Å²) in [5, 5.41) is 1.08. The highest BCUT2D eigenvalue weighted by molar-refractivity contribution is 5.96. The number of fused-ring (bicyclic) bond motifs is 1. The first-order valence-electron chi connectivity index (χ1n) is 7.46. The van der Waals surface area contributed by atoms with Crippen molar-refractivity contribution in [2.45, 2.75) is 20.8 Å². The summed E-state index contributed by atoms with van der Waals surface area (Å²) in [5.41, 5.74) is 5.18. The van der Waals surface area contributed by atoms with Gasteiger partial charge in [0.05, 0.1) is 17.7 Å². The van der Waals surface area contributed by atoms with E-state index >= 15 is 0 Å². The summed E-state index contributed by atoms with van der Waals surface area (Å²) in [7, 11) is 0. The van der Waals surface area contributed by atoms with Crippen LogP contribution in [0.5, 0.6) is 0 Å². The minimum absolute atomic E-state index is 0.271. The van der Waals surface area contributed by atoms with E-state index in [1.54, 1.807) is 0 Å². The van der Waals surface area contributed by atoms with Crippen LogP contribution in [0.3, 0.4) is 0 Å². The van der Waals surface area contributed by atoms with Gasteiger partial charge in [0.2, 0.25) is 0 Å². The lowest BCUT2D eigenvalue weighted by Gasteiger charge is -2.07. The summed E-state index contributed by atoms with van der Waals surface area (Å²) in [6.45, 7) is 6.35. The van der Waals surface area contributed by atoms with Crippen LogP contribution >= 0.6 is 0 Å². The molecular formula is C19H19NO2. The van der Waals surface area contributed by atoms with E-state index in [4.69, 9.17) is 4.74 Å². The van der Waals surface area contributed by atoms with Gasteiger partial charge in [-0.2, -0.15) is 0 Å². The summed E-state index contributed by atoms with van der Waals surface area (Å²) >= 11 is 0. The second-order valence-corrected chi connectivity index (χ2v) is 5.47. The van der Waals surface area contributed by atoms with Crippen molar-refractivity contribution in [3.8, 4) is 5.69 Å². The van der Waals surface area contributed by atoms with Gasteiger partial charge in [0.1, 0.15) is 0 Å². The summed E-state index contributed by atoms with van der Waals surface area (Å²) in [6, 6.07) is 14.1. The molecule has 0 bridgehead atoms. The number of nitrogens with zero attached hydrogens (tertiary/aromatic N) is 1. The Balaban J connectivity index is 2.13. The Bertz CT molecular complexity index is 846. The van der Waals surface area contributed by atoms with Crippen LogP contribution in [-0.4, -0.2) is 17.1 Å². The number of hydrogen-bond donors (Lipinski definition) is 0. The predicted molar refractivity (Wildman–Crippen MR) is 88.7 cm³/mol. The minimum atomic E-state index is -0.271. The first-order valence-corrected chi connectivity index (χ1v) is 7.46. The van der Waals surface area contributed by atoms with E-state index in [-0.39, 0.29) is 5.97 Å². The van der Waals surface area contributed by atoms with Gasteiger partial charge in [0, 0.05) is 17.3 Å². The van der Waals surface area contributed by atoms with Crippen molar-refractivity contribution in [1.29, 1.82) is 0 Å². The van der Waals surface area contributed by atoms with Crippen LogP contribution in [-0.2, 0) is 4.74 Å². The third-order valence-corrected chi connectivity index (χ3v) is 3.79. The van der Waals surface area contributed by atoms with E-state index in [0.717, 1.165) is 22.2 Å². The molecule has 0 spiro atoms. The Morgan fingerprint density at radius 1 is 1.14 bits per heavy atom. The van der Waals surface area contributed by atoms with Crippen LogP contribution in [0.1, 0.15) is 28.4 Å². The fourth-order valence-corrected chi connectivity index (χ4v) is 2.73. The van der Waals surface area contributed by atoms with Crippen LogP contribution in [0.2, 0.25) is 0 Å². The second-order valence-electron chi connectivity index (χ2n) is 5.47. The van der Waals surface area contributed by atoms with E-state index in [1.807, 2.05) is 25.1 Å². The molecule has 0 saturated carbocycles. The van der Waals surface area contributed by atoms with Crippen molar-refractivity contribution < 1.29 is 9.53 Å². The lowest BCUT2D eigenvalue weighted by Crippen LogP contribution is -2.04. The zero-order valence-electron chi connectivity index (χ0n) is 13.1. The first-order chi connectivity index (χ1) is 10.6. The topological polar surface area (TPSA) is 31.2 Å². The number of ether oxygens (including phenoxy) is 1. The van der Waals surface area contributed by atoms with Gasteiger partial charge >= 0.3 is 5.97 Å². The van der Waals surface area contributed by atoms with Gasteiger partial charge in [0.25, 0.3) is 0 Å². The fraction of sp³-hybridized carbons (Fsp3) is 0.211. The second kappa shape index (κ2) is 5.68. The summed E-state index contributed by atoms with van der Waals surface area (Å²) in [4.78, 5) is 11.9. The largest absolute Gasteiger partial charge is 0.462 e. The summed E-state index contributed by atoms with van der Waals surface area (Å²) in [5.74, 6) is -0.271. The lowest BCUT2D eigenvalue weighted by atomic mass is 10.1. The molecule has 0 aliphatic rings. The number of hydrogen-bond acceptors (Lipinski definition) is 2. The Kier molecular flexibility index (Phi) is 3.72. The molecule has 112 valence electrons. The number of aryl methyl sites for hydroxylation is 2. The molecule has 3 rings (SSSR count). The molecule has 3 heteroatoms. The Morgan fingerprint density at radius 3 is 2.68 bits per heavy atom. The minimum Gasteiger partial charge on any atom is -0.462 e. The van der Waals surface area contributed by atoms with Gasteiger partial charge in [0.15, 0.2) is 0 Å². The van der Waals surface area contributed by atoms with E-state index in [9.17, 15) is 4.79 Å². The predicted octanol–water partition coefficient (Wildman–Crippen LogP) is 4.42. The smallest absolute Gasteiger partial charge is 0.338 e. The average molecular weight is 293 g/mol. The first kappa shape index (κ1) is 14.4. The molecule has 0 N–H and O–H groups in total. The van der Waals surface area contributed by atoms with Gasteiger partial charge in [-0.3, -0.25) is 0 Å².